The van der Waals surface area contributed by atoms with Crippen LogP contribution in [0.1, 0.15) is 13.3 Å². The van der Waals surface area contributed by atoms with E-state index in [4.69, 9.17) is 7.80 Å². The second kappa shape index (κ2) is 7.43. The topological polar surface area (TPSA) is 35.5 Å². The van der Waals surface area contributed by atoms with E-state index in [1.807, 2.05) is 6.92 Å². The molecule has 0 N–H and O–H groups in total. The molecule has 0 bridgehead atoms. The van der Waals surface area contributed by atoms with Gasteiger partial charge in [0.05, 0.1) is 13.2 Å². The van der Waals surface area contributed by atoms with E-state index in [1.165, 1.54) is 0 Å². The summed E-state index contributed by atoms with van der Waals surface area (Å²) in [6.45, 7) is 3.07. The lowest BCUT2D eigenvalue weighted by molar-refractivity contribution is -0.123. The number of ether oxygens (including phenoxy) is 1. The Morgan fingerprint density at radius 2 is 2.20 bits per heavy atom. The van der Waals surface area contributed by atoms with Crippen molar-refractivity contribution < 1.29 is 12.6 Å². The lowest BCUT2D eigenvalue weighted by Gasteiger charge is -1.98. The summed E-state index contributed by atoms with van der Waals surface area (Å²) < 4.78 is 9.64. The SMILES string of the molecule is CCC(=O)COCCOI. The molecule has 0 saturated heterocycles. The van der Waals surface area contributed by atoms with Crippen molar-refractivity contribution in [1.82, 2.24) is 0 Å². The van der Waals surface area contributed by atoms with Gasteiger partial charge in [0.25, 0.3) is 0 Å². The van der Waals surface area contributed by atoms with Crippen molar-refractivity contribution in [1.29, 1.82) is 0 Å². The molecule has 0 radical (unpaired) electrons. The van der Waals surface area contributed by atoms with Gasteiger partial charge in [0.15, 0.2) is 5.78 Å². The Bertz CT molecular complexity index is 95.0. The van der Waals surface area contributed by atoms with Crippen LogP contribution in [0.5, 0.6) is 0 Å². The molecule has 0 atom stereocenters. The van der Waals surface area contributed by atoms with E-state index in [0.717, 1.165) is 0 Å². The molecule has 10 heavy (non-hydrogen) atoms. The van der Waals surface area contributed by atoms with Crippen LogP contribution in [-0.4, -0.2) is 25.6 Å². The average molecular weight is 258 g/mol. The molecule has 0 aromatic carbocycles. The number of halogens is 1. The van der Waals surface area contributed by atoms with Crippen LogP contribution in [0.15, 0.2) is 0 Å². The Labute approximate surface area is 74.8 Å². The van der Waals surface area contributed by atoms with Gasteiger partial charge in [-0.1, -0.05) is 6.92 Å². The normalized spacial score (nSPS) is 9.80. The monoisotopic (exact) mass is 258 g/mol. The summed E-state index contributed by atoms with van der Waals surface area (Å²) in [4.78, 5) is 10.6. The Kier molecular flexibility index (Phi) is 7.66. The fourth-order valence-corrected chi connectivity index (χ4v) is 0.558. The fourth-order valence-electron chi connectivity index (χ4n) is 0.378. The lowest BCUT2D eigenvalue weighted by atomic mass is 10.3. The van der Waals surface area contributed by atoms with E-state index in [-0.39, 0.29) is 12.4 Å². The van der Waals surface area contributed by atoms with Crippen LogP contribution in [0.4, 0.5) is 0 Å². The molecule has 0 aromatic heterocycles. The highest BCUT2D eigenvalue weighted by atomic mass is 127. The lowest BCUT2D eigenvalue weighted by Crippen LogP contribution is -2.09. The van der Waals surface area contributed by atoms with Gasteiger partial charge in [-0.05, 0) is 0 Å². The van der Waals surface area contributed by atoms with Crippen molar-refractivity contribution >= 4 is 28.8 Å². The van der Waals surface area contributed by atoms with Crippen molar-refractivity contribution in [3.8, 4) is 0 Å². The van der Waals surface area contributed by atoms with Gasteiger partial charge in [0.1, 0.15) is 29.6 Å². The predicted octanol–water partition coefficient (Wildman–Crippen LogP) is 1.35. The number of Topliss-reactive ketones (excluding diaryl/α,β-unsaturated/α-hetero) is 1. The fraction of sp³-hybridized carbons (Fsp3) is 0.833. The molecule has 0 aliphatic carbocycles. The Hall–Kier alpha value is 0.320. The average Bonchev–Trinajstić information content (AvgIpc) is 1.98. The van der Waals surface area contributed by atoms with Crippen LogP contribution in [0.2, 0.25) is 0 Å². The van der Waals surface area contributed by atoms with Gasteiger partial charge in [0.2, 0.25) is 0 Å². The van der Waals surface area contributed by atoms with Gasteiger partial charge < -0.3 is 7.80 Å². The number of carbonyl (C=O) groups is 1. The third-order valence-corrected chi connectivity index (χ3v) is 1.40. The molecule has 0 spiro atoms. The summed E-state index contributed by atoms with van der Waals surface area (Å²) in [5, 5.41) is 0. The Morgan fingerprint density at radius 3 is 2.70 bits per heavy atom. The zero-order valence-electron chi connectivity index (χ0n) is 5.93. The second-order valence-electron chi connectivity index (χ2n) is 1.76. The van der Waals surface area contributed by atoms with Gasteiger partial charge in [-0.3, -0.25) is 4.79 Å². The molecular weight excluding hydrogens is 247 g/mol. The molecule has 0 saturated carbocycles. The summed E-state index contributed by atoms with van der Waals surface area (Å²) in [5.74, 6) is 0.133. The zero-order valence-corrected chi connectivity index (χ0v) is 8.09. The number of ketones is 1. The van der Waals surface area contributed by atoms with Crippen molar-refractivity contribution in [2.24, 2.45) is 0 Å². The third kappa shape index (κ3) is 6.44. The van der Waals surface area contributed by atoms with E-state index in [1.54, 1.807) is 23.0 Å². The molecule has 0 aliphatic heterocycles. The van der Waals surface area contributed by atoms with Gasteiger partial charge in [0, 0.05) is 6.42 Å². The van der Waals surface area contributed by atoms with Crippen molar-refractivity contribution in [2.45, 2.75) is 13.3 Å². The Morgan fingerprint density at radius 1 is 1.50 bits per heavy atom. The largest absolute Gasteiger partial charge is 0.371 e. The van der Waals surface area contributed by atoms with Crippen LogP contribution >= 0.6 is 23.0 Å². The maximum absolute atomic E-state index is 10.6. The minimum atomic E-state index is 0.133. The molecule has 0 rings (SSSR count). The molecule has 0 amide bonds. The standard InChI is InChI=1S/C6H11IO3/c1-2-6(8)5-9-3-4-10-7/h2-5H2,1H3. The Balaban J connectivity index is 2.96. The molecule has 0 aliphatic rings. The highest BCUT2D eigenvalue weighted by Crippen LogP contribution is 1.87. The molecule has 0 heterocycles. The van der Waals surface area contributed by atoms with Crippen molar-refractivity contribution in [3.63, 3.8) is 0 Å². The highest BCUT2D eigenvalue weighted by Gasteiger charge is 1.96. The van der Waals surface area contributed by atoms with E-state index < -0.39 is 0 Å². The van der Waals surface area contributed by atoms with E-state index in [0.29, 0.717) is 19.6 Å². The smallest absolute Gasteiger partial charge is 0.158 e. The second-order valence-corrected chi connectivity index (χ2v) is 2.38. The number of rotatable bonds is 6. The summed E-state index contributed by atoms with van der Waals surface area (Å²) in [6, 6.07) is 0. The number of carbonyl (C=O) groups excluding carboxylic acids is 1. The summed E-state index contributed by atoms with van der Waals surface area (Å²) in [5.41, 5.74) is 0. The van der Waals surface area contributed by atoms with Crippen molar-refractivity contribution in [2.75, 3.05) is 19.8 Å². The van der Waals surface area contributed by atoms with Crippen LogP contribution < -0.4 is 0 Å². The van der Waals surface area contributed by atoms with Gasteiger partial charge in [-0.25, -0.2) is 0 Å². The molecule has 3 nitrogen and oxygen atoms in total. The summed E-state index contributed by atoms with van der Waals surface area (Å²) in [6.07, 6.45) is 0.547. The molecule has 0 aromatic rings. The predicted molar refractivity (Wildman–Crippen MR) is 46.1 cm³/mol. The molecular formula is C6H11IO3. The maximum Gasteiger partial charge on any atom is 0.158 e. The first kappa shape index (κ1) is 10.3. The first-order valence-corrected chi connectivity index (χ1v) is 4.02. The van der Waals surface area contributed by atoms with Gasteiger partial charge in [-0.2, -0.15) is 0 Å². The van der Waals surface area contributed by atoms with E-state index >= 15 is 0 Å². The van der Waals surface area contributed by atoms with Crippen LogP contribution in [0, 0.1) is 0 Å². The highest BCUT2D eigenvalue weighted by molar-refractivity contribution is 14.1. The van der Waals surface area contributed by atoms with Crippen molar-refractivity contribution in [3.05, 3.63) is 0 Å². The summed E-state index contributed by atoms with van der Waals surface area (Å²) >= 11 is 1.79. The number of hydrogen-bond donors (Lipinski definition) is 0. The minimum absolute atomic E-state index is 0.133. The van der Waals surface area contributed by atoms with E-state index in [2.05, 4.69) is 0 Å². The van der Waals surface area contributed by atoms with Crippen LogP contribution in [-0.2, 0) is 12.6 Å². The molecule has 4 heteroatoms. The molecule has 0 unspecified atom stereocenters. The third-order valence-electron chi connectivity index (χ3n) is 0.962. The first-order valence-electron chi connectivity index (χ1n) is 3.14. The minimum Gasteiger partial charge on any atom is -0.371 e. The van der Waals surface area contributed by atoms with E-state index in [9.17, 15) is 4.79 Å². The molecule has 0 fully saturated rings. The first-order chi connectivity index (χ1) is 4.81. The summed E-state index contributed by atoms with van der Waals surface area (Å²) in [7, 11) is 0. The maximum atomic E-state index is 10.6. The number of hydrogen-bond acceptors (Lipinski definition) is 3. The zero-order chi connectivity index (χ0) is 7.82. The van der Waals surface area contributed by atoms with Crippen LogP contribution in [0.25, 0.3) is 0 Å². The van der Waals surface area contributed by atoms with Gasteiger partial charge >= 0.3 is 0 Å². The van der Waals surface area contributed by atoms with Gasteiger partial charge in [-0.15, -0.1) is 0 Å². The quantitative estimate of drug-likeness (QED) is 0.533. The molecule has 60 valence electrons. The van der Waals surface area contributed by atoms with Crippen LogP contribution in [0.3, 0.4) is 0 Å².